The van der Waals surface area contributed by atoms with E-state index in [2.05, 4.69) is 9.97 Å². The smallest absolute Gasteiger partial charge is 0.290 e. The molecule has 0 radical (unpaired) electrons. The highest BCUT2D eigenvalue weighted by molar-refractivity contribution is 5.80. The van der Waals surface area contributed by atoms with Crippen LogP contribution >= 0.6 is 0 Å². The van der Waals surface area contributed by atoms with Crippen molar-refractivity contribution in [2.75, 3.05) is 5.06 Å². The lowest BCUT2D eigenvalue weighted by atomic mass is 10.1. The summed E-state index contributed by atoms with van der Waals surface area (Å²) in [6, 6.07) is 1.83. The van der Waals surface area contributed by atoms with Crippen LogP contribution in [0.5, 0.6) is 0 Å². The molecule has 0 bridgehead atoms. The summed E-state index contributed by atoms with van der Waals surface area (Å²) >= 11 is 0. The number of amides is 1. The van der Waals surface area contributed by atoms with Gasteiger partial charge in [0, 0.05) is 6.04 Å². The number of hydrogen-bond donors (Lipinski definition) is 1. The second kappa shape index (κ2) is 6.54. The van der Waals surface area contributed by atoms with Crippen molar-refractivity contribution < 1.29 is 9.63 Å². The van der Waals surface area contributed by atoms with E-state index in [0.717, 1.165) is 17.9 Å². The van der Waals surface area contributed by atoms with Crippen molar-refractivity contribution in [3.63, 3.8) is 0 Å². The summed E-state index contributed by atoms with van der Waals surface area (Å²) in [5.74, 6) is 0. The molecule has 0 saturated heterocycles. The second-order valence-corrected chi connectivity index (χ2v) is 6.47. The Bertz CT molecular complexity index is 738. The molecule has 2 rings (SSSR count). The highest BCUT2D eigenvalue weighted by atomic mass is 16.7. The van der Waals surface area contributed by atoms with Crippen molar-refractivity contribution in [2.45, 2.75) is 59.1 Å². The van der Waals surface area contributed by atoms with Crippen LogP contribution in [0.1, 0.15) is 53.5 Å². The van der Waals surface area contributed by atoms with E-state index >= 15 is 0 Å². The number of pyridine rings is 1. The molecule has 1 amide bonds. The van der Waals surface area contributed by atoms with Gasteiger partial charge in [0.2, 0.25) is 6.41 Å². The first kappa shape index (κ1) is 17.2. The minimum absolute atomic E-state index is 0.0847. The van der Waals surface area contributed by atoms with Gasteiger partial charge in [0.1, 0.15) is 0 Å². The van der Waals surface area contributed by atoms with Crippen molar-refractivity contribution >= 4 is 23.3 Å². The summed E-state index contributed by atoms with van der Waals surface area (Å²) in [4.78, 5) is 36.2. The Kier molecular flexibility index (Phi) is 4.89. The molecule has 0 saturated carbocycles. The maximum Gasteiger partial charge on any atom is 0.327 e. The number of nitrogens with zero attached hydrogens (tertiary/aromatic N) is 3. The molecule has 1 N–H and O–H groups in total. The minimum Gasteiger partial charge on any atom is -0.290 e. The largest absolute Gasteiger partial charge is 0.327 e. The molecule has 0 fully saturated rings. The Morgan fingerprint density at radius 2 is 2.04 bits per heavy atom. The van der Waals surface area contributed by atoms with Crippen molar-refractivity contribution in [2.24, 2.45) is 0 Å². The molecular formula is C16H24N4O3. The highest BCUT2D eigenvalue weighted by Gasteiger charge is 2.20. The fourth-order valence-electron chi connectivity index (χ4n) is 2.56. The zero-order valence-electron chi connectivity index (χ0n) is 14.3. The normalized spacial score (nSPS) is 12.1. The van der Waals surface area contributed by atoms with Gasteiger partial charge in [-0.25, -0.2) is 9.78 Å². The zero-order chi connectivity index (χ0) is 17.2. The molecule has 0 aromatic carbocycles. The first-order chi connectivity index (χ1) is 10.8. The molecule has 7 nitrogen and oxygen atoms in total. The van der Waals surface area contributed by atoms with Crippen molar-refractivity contribution in [3.05, 3.63) is 22.7 Å². The fraction of sp³-hybridized carbons (Fsp3) is 0.562. The number of imidazole rings is 1. The molecule has 0 spiro atoms. The molecule has 0 unspecified atom stereocenters. The SMILES string of the molecule is CCC(CC)n1c(=O)[nH]c2ncc(N(C=O)OC(C)(C)C)cc21. The number of H-pyrrole nitrogens is 1. The summed E-state index contributed by atoms with van der Waals surface area (Å²) in [7, 11) is 0. The number of aromatic nitrogens is 3. The monoisotopic (exact) mass is 320 g/mol. The number of anilines is 1. The Morgan fingerprint density at radius 1 is 1.39 bits per heavy atom. The summed E-state index contributed by atoms with van der Waals surface area (Å²) in [6.07, 6.45) is 3.78. The fourth-order valence-corrected chi connectivity index (χ4v) is 2.56. The second-order valence-electron chi connectivity index (χ2n) is 6.47. The zero-order valence-corrected chi connectivity index (χ0v) is 14.3. The minimum atomic E-state index is -0.525. The summed E-state index contributed by atoms with van der Waals surface area (Å²) in [5.41, 5.74) is 0.954. The number of carbonyl (C=O) groups is 1. The molecule has 126 valence electrons. The number of aromatic amines is 1. The van der Waals surface area contributed by atoms with Crippen LogP contribution in [0.4, 0.5) is 5.69 Å². The molecule has 0 aliphatic carbocycles. The summed E-state index contributed by atoms with van der Waals surface area (Å²) in [5, 5.41) is 1.14. The lowest BCUT2D eigenvalue weighted by Crippen LogP contribution is -2.33. The van der Waals surface area contributed by atoms with Crippen molar-refractivity contribution in [1.82, 2.24) is 14.5 Å². The van der Waals surface area contributed by atoms with E-state index in [1.165, 1.54) is 6.20 Å². The lowest BCUT2D eigenvalue weighted by Gasteiger charge is -2.26. The van der Waals surface area contributed by atoms with Crippen LogP contribution < -0.4 is 10.8 Å². The van der Waals surface area contributed by atoms with Gasteiger partial charge in [-0.3, -0.25) is 19.2 Å². The van der Waals surface area contributed by atoms with Crippen LogP contribution in [0.15, 0.2) is 17.1 Å². The van der Waals surface area contributed by atoms with E-state index in [1.807, 2.05) is 34.6 Å². The van der Waals surface area contributed by atoms with E-state index in [-0.39, 0.29) is 11.7 Å². The van der Waals surface area contributed by atoms with Crippen LogP contribution in [0.2, 0.25) is 0 Å². The van der Waals surface area contributed by atoms with Gasteiger partial charge in [-0.2, -0.15) is 5.06 Å². The van der Waals surface area contributed by atoms with Crippen LogP contribution in [0, 0.1) is 0 Å². The predicted octanol–water partition coefficient (Wildman–Crippen LogP) is 2.78. The molecule has 7 heteroatoms. The standard InChI is InChI=1S/C16H24N4O3/c1-6-11(7-2)20-13-8-12(9-17-14(13)18-15(20)22)19(10-21)23-16(3,4)5/h8-11H,6-7H2,1-5H3,(H,17,18,22). The number of carbonyl (C=O) groups excluding carboxylic acids is 1. The van der Waals surface area contributed by atoms with Crippen molar-refractivity contribution in [1.29, 1.82) is 0 Å². The molecule has 0 atom stereocenters. The number of hydrogen-bond acceptors (Lipinski definition) is 4. The molecule has 0 aliphatic rings. The molecule has 2 aromatic rings. The summed E-state index contributed by atoms with van der Waals surface area (Å²) in [6.45, 7) is 9.64. The van der Waals surface area contributed by atoms with E-state index in [1.54, 1.807) is 10.6 Å². The highest BCUT2D eigenvalue weighted by Crippen LogP contribution is 2.24. The lowest BCUT2D eigenvalue weighted by molar-refractivity contribution is -0.120. The average Bonchev–Trinajstić information content (AvgIpc) is 2.81. The van der Waals surface area contributed by atoms with E-state index < -0.39 is 5.60 Å². The van der Waals surface area contributed by atoms with Crippen LogP contribution in [-0.4, -0.2) is 26.5 Å². The number of hydroxylamine groups is 1. The first-order valence-electron chi connectivity index (χ1n) is 7.84. The van der Waals surface area contributed by atoms with Crippen LogP contribution in [-0.2, 0) is 9.63 Å². The maximum atomic E-state index is 12.2. The van der Waals surface area contributed by atoms with Crippen molar-refractivity contribution in [3.8, 4) is 0 Å². The topological polar surface area (TPSA) is 80.2 Å². The predicted molar refractivity (Wildman–Crippen MR) is 89.4 cm³/mol. The van der Waals surface area contributed by atoms with Gasteiger partial charge in [-0.15, -0.1) is 0 Å². The van der Waals surface area contributed by atoms with E-state index in [9.17, 15) is 9.59 Å². The van der Waals surface area contributed by atoms with Gasteiger partial charge in [0.25, 0.3) is 0 Å². The third kappa shape index (κ3) is 3.61. The first-order valence-corrected chi connectivity index (χ1v) is 7.84. The van der Waals surface area contributed by atoms with Crippen LogP contribution in [0.25, 0.3) is 11.2 Å². The van der Waals surface area contributed by atoms with E-state index in [4.69, 9.17) is 4.84 Å². The van der Waals surface area contributed by atoms with Gasteiger partial charge < -0.3 is 0 Å². The van der Waals surface area contributed by atoms with Gasteiger partial charge >= 0.3 is 5.69 Å². The molecule has 23 heavy (non-hydrogen) atoms. The van der Waals surface area contributed by atoms with Gasteiger partial charge in [0.05, 0.1) is 23.0 Å². The molecular weight excluding hydrogens is 296 g/mol. The molecule has 2 aromatic heterocycles. The number of fused-ring (bicyclic) bond motifs is 1. The van der Waals surface area contributed by atoms with Gasteiger partial charge in [-0.05, 0) is 39.7 Å². The number of rotatable bonds is 6. The number of nitrogens with one attached hydrogen (secondary N) is 1. The third-order valence-corrected chi connectivity index (χ3v) is 3.59. The Hall–Kier alpha value is -2.15. The van der Waals surface area contributed by atoms with Gasteiger partial charge in [0.15, 0.2) is 5.65 Å². The maximum absolute atomic E-state index is 12.2. The quantitative estimate of drug-likeness (QED) is 0.655. The third-order valence-electron chi connectivity index (χ3n) is 3.59. The van der Waals surface area contributed by atoms with E-state index in [0.29, 0.717) is 23.3 Å². The summed E-state index contributed by atoms with van der Waals surface area (Å²) < 4.78 is 1.70. The Balaban J connectivity index is 2.54. The average molecular weight is 320 g/mol. The molecule has 2 heterocycles. The Labute approximate surface area is 135 Å². The van der Waals surface area contributed by atoms with Gasteiger partial charge in [-0.1, -0.05) is 13.8 Å². The Morgan fingerprint density at radius 3 is 2.57 bits per heavy atom. The van der Waals surface area contributed by atoms with Crippen LogP contribution in [0.3, 0.4) is 0 Å². The molecule has 0 aliphatic heterocycles.